The van der Waals surface area contributed by atoms with Crippen LogP contribution in [0.5, 0.6) is 11.5 Å². The van der Waals surface area contributed by atoms with Gasteiger partial charge in [-0.05, 0) is 43.7 Å². The SMILES string of the molecule is CCOc1ccc(CN(CC)C(=O)c2cc3ccccc3[nH]2)cc1OC. The smallest absolute Gasteiger partial charge is 0.270 e. The van der Waals surface area contributed by atoms with E-state index in [0.717, 1.165) is 16.5 Å². The standard InChI is InChI=1S/C21H24N2O3/c1-4-23(14-15-10-11-19(26-5-2)20(12-15)25-3)21(24)18-13-16-8-6-7-9-17(16)22-18/h6-13,22H,4-5,14H2,1-3H3. The number of amides is 1. The van der Waals surface area contributed by atoms with E-state index >= 15 is 0 Å². The molecule has 26 heavy (non-hydrogen) atoms. The van der Waals surface area contributed by atoms with E-state index in [1.165, 1.54) is 0 Å². The zero-order valence-corrected chi connectivity index (χ0v) is 15.4. The summed E-state index contributed by atoms with van der Waals surface area (Å²) in [6, 6.07) is 15.6. The van der Waals surface area contributed by atoms with E-state index in [1.807, 2.05) is 62.4 Å². The molecule has 3 aromatic rings. The number of fused-ring (bicyclic) bond motifs is 1. The molecular formula is C21H24N2O3. The molecule has 0 atom stereocenters. The lowest BCUT2D eigenvalue weighted by molar-refractivity contribution is 0.0747. The Kier molecular flexibility index (Phi) is 5.46. The zero-order chi connectivity index (χ0) is 18.5. The van der Waals surface area contributed by atoms with Crippen molar-refractivity contribution in [1.82, 2.24) is 9.88 Å². The van der Waals surface area contributed by atoms with Gasteiger partial charge in [-0.25, -0.2) is 0 Å². The fraction of sp³-hybridized carbons (Fsp3) is 0.286. The Bertz CT molecular complexity index is 868. The molecule has 0 fully saturated rings. The van der Waals surface area contributed by atoms with Gasteiger partial charge in [0.15, 0.2) is 11.5 Å². The van der Waals surface area contributed by atoms with Gasteiger partial charge in [-0.3, -0.25) is 4.79 Å². The van der Waals surface area contributed by atoms with Crippen molar-refractivity contribution in [2.75, 3.05) is 20.3 Å². The summed E-state index contributed by atoms with van der Waals surface area (Å²) in [5, 5.41) is 1.04. The minimum Gasteiger partial charge on any atom is -0.493 e. The second-order valence-corrected chi connectivity index (χ2v) is 6.01. The molecule has 0 aliphatic heterocycles. The molecule has 0 radical (unpaired) electrons. The maximum atomic E-state index is 12.9. The largest absolute Gasteiger partial charge is 0.493 e. The van der Waals surface area contributed by atoms with Crippen LogP contribution in [0.25, 0.3) is 10.9 Å². The normalized spacial score (nSPS) is 10.7. The summed E-state index contributed by atoms with van der Waals surface area (Å²) in [6.45, 7) is 5.62. The van der Waals surface area contributed by atoms with Crippen molar-refractivity contribution in [1.29, 1.82) is 0 Å². The molecule has 0 aliphatic rings. The van der Waals surface area contributed by atoms with Crippen molar-refractivity contribution in [2.45, 2.75) is 20.4 Å². The van der Waals surface area contributed by atoms with E-state index in [2.05, 4.69) is 4.98 Å². The Labute approximate surface area is 153 Å². The molecule has 0 saturated heterocycles. The maximum absolute atomic E-state index is 12.9. The van der Waals surface area contributed by atoms with Gasteiger partial charge in [-0.2, -0.15) is 0 Å². The van der Waals surface area contributed by atoms with Crippen molar-refractivity contribution < 1.29 is 14.3 Å². The van der Waals surface area contributed by atoms with Gasteiger partial charge in [0.2, 0.25) is 0 Å². The number of rotatable bonds is 7. The fourth-order valence-corrected chi connectivity index (χ4v) is 2.99. The first-order chi connectivity index (χ1) is 12.7. The van der Waals surface area contributed by atoms with Crippen molar-refractivity contribution in [3.05, 3.63) is 59.8 Å². The number of benzene rings is 2. The van der Waals surface area contributed by atoms with Gasteiger partial charge in [-0.15, -0.1) is 0 Å². The van der Waals surface area contributed by atoms with E-state index in [9.17, 15) is 4.79 Å². The molecular weight excluding hydrogens is 328 g/mol. The van der Waals surface area contributed by atoms with Gasteiger partial charge in [0.1, 0.15) is 5.69 Å². The number of para-hydroxylation sites is 1. The van der Waals surface area contributed by atoms with Gasteiger partial charge >= 0.3 is 0 Å². The number of nitrogens with one attached hydrogen (secondary N) is 1. The summed E-state index contributed by atoms with van der Waals surface area (Å²) in [5.74, 6) is 1.37. The summed E-state index contributed by atoms with van der Waals surface area (Å²) in [6.07, 6.45) is 0. The number of aromatic nitrogens is 1. The Morgan fingerprint density at radius 1 is 1.08 bits per heavy atom. The number of H-pyrrole nitrogens is 1. The van der Waals surface area contributed by atoms with Crippen LogP contribution in [0, 0.1) is 0 Å². The first-order valence-corrected chi connectivity index (χ1v) is 8.83. The van der Waals surface area contributed by atoms with Crippen LogP contribution >= 0.6 is 0 Å². The molecule has 0 spiro atoms. The van der Waals surface area contributed by atoms with E-state index in [-0.39, 0.29) is 5.91 Å². The molecule has 0 aliphatic carbocycles. The third kappa shape index (κ3) is 3.67. The Morgan fingerprint density at radius 2 is 1.88 bits per heavy atom. The lowest BCUT2D eigenvalue weighted by atomic mass is 10.1. The topological polar surface area (TPSA) is 54.6 Å². The number of carbonyl (C=O) groups excluding carboxylic acids is 1. The van der Waals surface area contributed by atoms with E-state index in [4.69, 9.17) is 9.47 Å². The average Bonchev–Trinajstić information content (AvgIpc) is 3.11. The number of hydrogen-bond donors (Lipinski definition) is 1. The Balaban J connectivity index is 1.81. The van der Waals surface area contributed by atoms with Crippen LogP contribution < -0.4 is 9.47 Å². The third-order valence-electron chi connectivity index (χ3n) is 4.33. The predicted octanol–water partition coefficient (Wildman–Crippen LogP) is 4.24. The van der Waals surface area contributed by atoms with Gasteiger partial charge in [0.05, 0.1) is 13.7 Å². The summed E-state index contributed by atoms with van der Waals surface area (Å²) in [7, 11) is 1.62. The zero-order valence-electron chi connectivity index (χ0n) is 15.4. The van der Waals surface area contributed by atoms with E-state index in [1.54, 1.807) is 12.0 Å². The summed E-state index contributed by atoms with van der Waals surface area (Å²) >= 11 is 0. The van der Waals surface area contributed by atoms with Gasteiger partial charge < -0.3 is 19.4 Å². The molecule has 1 aromatic heterocycles. The Hall–Kier alpha value is -2.95. The van der Waals surface area contributed by atoms with Crippen LogP contribution in [0.4, 0.5) is 0 Å². The van der Waals surface area contributed by atoms with Gasteiger partial charge in [0.25, 0.3) is 5.91 Å². The first-order valence-electron chi connectivity index (χ1n) is 8.83. The van der Waals surface area contributed by atoms with Crippen LogP contribution in [-0.2, 0) is 6.54 Å². The molecule has 0 saturated carbocycles. The molecule has 136 valence electrons. The number of carbonyl (C=O) groups is 1. The first kappa shape index (κ1) is 17.9. The number of hydrogen-bond acceptors (Lipinski definition) is 3. The highest BCUT2D eigenvalue weighted by Crippen LogP contribution is 2.28. The van der Waals surface area contributed by atoms with Crippen LogP contribution in [0.2, 0.25) is 0 Å². The average molecular weight is 352 g/mol. The molecule has 0 unspecified atom stereocenters. The lowest BCUT2D eigenvalue weighted by Crippen LogP contribution is -2.30. The summed E-state index contributed by atoms with van der Waals surface area (Å²) in [4.78, 5) is 17.9. The molecule has 5 nitrogen and oxygen atoms in total. The minimum absolute atomic E-state index is 0.0171. The van der Waals surface area contributed by atoms with Crippen molar-refractivity contribution >= 4 is 16.8 Å². The molecule has 0 bridgehead atoms. The van der Waals surface area contributed by atoms with Crippen LogP contribution in [0.1, 0.15) is 29.9 Å². The summed E-state index contributed by atoms with van der Waals surface area (Å²) in [5.41, 5.74) is 2.57. The lowest BCUT2D eigenvalue weighted by Gasteiger charge is -2.21. The predicted molar refractivity (Wildman–Crippen MR) is 103 cm³/mol. The fourth-order valence-electron chi connectivity index (χ4n) is 2.99. The second kappa shape index (κ2) is 7.95. The van der Waals surface area contributed by atoms with Crippen LogP contribution in [0.3, 0.4) is 0 Å². The quantitative estimate of drug-likeness (QED) is 0.692. The third-order valence-corrected chi connectivity index (χ3v) is 4.33. The van der Waals surface area contributed by atoms with Crippen LogP contribution in [-0.4, -0.2) is 36.1 Å². The van der Waals surface area contributed by atoms with Gasteiger partial charge in [0, 0.05) is 24.0 Å². The van der Waals surface area contributed by atoms with E-state index < -0.39 is 0 Å². The van der Waals surface area contributed by atoms with Crippen molar-refractivity contribution in [2.24, 2.45) is 0 Å². The molecule has 3 rings (SSSR count). The number of ether oxygens (including phenoxy) is 2. The second-order valence-electron chi connectivity index (χ2n) is 6.01. The molecule has 1 N–H and O–H groups in total. The van der Waals surface area contributed by atoms with Crippen molar-refractivity contribution in [3.8, 4) is 11.5 Å². The minimum atomic E-state index is -0.0171. The van der Waals surface area contributed by atoms with E-state index in [0.29, 0.717) is 36.9 Å². The number of aromatic amines is 1. The Morgan fingerprint density at radius 3 is 2.58 bits per heavy atom. The summed E-state index contributed by atoms with van der Waals surface area (Å²) < 4.78 is 11.0. The highest BCUT2D eigenvalue weighted by atomic mass is 16.5. The monoisotopic (exact) mass is 352 g/mol. The molecule has 1 amide bonds. The van der Waals surface area contributed by atoms with Crippen LogP contribution in [0.15, 0.2) is 48.5 Å². The maximum Gasteiger partial charge on any atom is 0.270 e. The highest BCUT2D eigenvalue weighted by molar-refractivity contribution is 5.98. The van der Waals surface area contributed by atoms with Gasteiger partial charge in [-0.1, -0.05) is 24.3 Å². The number of nitrogens with zero attached hydrogens (tertiary/aromatic N) is 1. The van der Waals surface area contributed by atoms with Crippen molar-refractivity contribution in [3.63, 3.8) is 0 Å². The molecule has 5 heteroatoms. The molecule has 2 aromatic carbocycles. The highest BCUT2D eigenvalue weighted by Gasteiger charge is 2.17. The number of methoxy groups -OCH3 is 1. The molecule has 1 heterocycles.